The summed E-state index contributed by atoms with van der Waals surface area (Å²) < 4.78 is 51.7. The molecule has 2 unspecified atom stereocenters. The molecule has 0 aromatic heterocycles. The van der Waals surface area contributed by atoms with Crippen LogP contribution < -0.4 is 17.2 Å². The number of rotatable bonds is 8. The molecule has 1 aromatic rings. The SMILES string of the molecule is CC(N)Cc1ccccc1C(=O)C(N)CCCCN.CS(=O)(=O)O.CS(=O)(=O)O. The smallest absolute Gasteiger partial charge is 0.261 e. The molecule has 0 saturated carbocycles. The van der Waals surface area contributed by atoms with Gasteiger partial charge in [0.15, 0.2) is 5.78 Å². The maximum absolute atomic E-state index is 12.3. The second kappa shape index (κ2) is 14.6. The Morgan fingerprint density at radius 2 is 1.45 bits per heavy atom. The van der Waals surface area contributed by atoms with Crippen molar-refractivity contribution in [2.75, 3.05) is 19.1 Å². The number of carbonyl (C=O) groups excluding carboxylic acids is 1. The average molecular weight is 456 g/mol. The molecule has 0 aliphatic carbocycles. The van der Waals surface area contributed by atoms with Gasteiger partial charge in [-0.25, -0.2) is 0 Å². The fourth-order valence-corrected chi connectivity index (χ4v) is 2.12. The largest absolute Gasteiger partial charge is 0.330 e. The topological polar surface area (TPSA) is 204 Å². The van der Waals surface area contributed by atoms with Crippen molar-refractivity contribution in [3.63, 3.8) is 0 Å². The van der Waals surface area contributed by atoms with Crippen LogP contribution in [0.3, 0.4) is 0 Å². The molecule has 2 atom stereocenters. The summed E-state index contributed by atoms with van der Waals surface area (Å²) in [6, 6.07) is 7.16. The Labute approximate surface area is 173 Å². The highest BCUT2D eigenvalue weighted by Crippen LogP contribution is 2.14. The second-order valence-corrected chi connectivity index (χ2v) is 9.49. The summed E-state index contributed by atoms with van der Waals surface area (Å²) in [5.41, 5.74) is 18.9. The number of hydrogen-bond acceptors (Lipinski definition) is 8. The first-order valence-corrected chi connectivity index (χ1v) is 12.4. The van der Waals surface area contributed by atoms with Gasteiger partial charge in [0.05, 0.1) is 18.6 Å². The summed E-state index contributed by atoms with van der Waals surface area (Å²) >= 11 is 0. The molecule has 0 heterocycles. The zero-order chi connectivity index (χ0) is 23.3. The monoisotopic (exact) mass is 455 g/mol. The van der Waals surface area contributed by atoms with Crippen molar-refractivity contribution in [3.05, 3.63) is 35.4 Å². The van der Waals surface area contributed by atoms with E-state index in [0.29, 0.717) is 37.5 Å². The van der Waals surface area contributed by atoms with E-state index < -0.39 is 26.3 Å². The van der Waals surface area contributed by atoms with E-state index >= 15 is 0 Å². The standard InChI is InChI=1S/C15H25N3O.2CH4O3S/c1-11(17)10-12-6-2-3-7-13(12)15(19)14(18)8-4-5-9-16;2*1-5(2,3)4/h2-3,6-7,11,14H,4-5,8-10,16-18H2,1H3;2*1H3,(H,2,3,4). The molecule has 0 fully saturated rings. The number of Topliss-reactive ketones (excluding diaryl/α,β-unsaturated/α-hetero) is 1. The fraction of sp³-hybridized carbons (Fsp3) is 0.588. The van der Waals surface area contributed by atoms with Gasteiger partial charge in [-0.1, -0.05) is 30.7 Å². The molecule has 8 N–H and O–H groups in total. The third-order valence-corrected chi connectivity index (χ3v) is 3.13. The maximum Gasteiger partial charge on any atom is 0.261 e. The predicted molar refractivity (Wildman–Crippen MR) is 114 cm³/mol. The molecule has 0 radical (unpaired) electrons. The lowest BCUT2D eigenvalue weighted by Crippen LogP contribution is -2.32. The Balaban J connectivity index is 0. The number of nitrogens with two attached hydrogens (primary N) is 3. The molecule has 0 bridgehead atoms. The lowest BCUT2D eigenvalue weighted by atomic mass is 9.93. The molecule has 0 aliphatic heterocycles. The highest BCUT2D eigenvalue weighted by molar-refractivity contribution is 7.85. The number of benzene rings is 1. The minimum Gasteiger partial charge on any atom is -0.330 e. The molecule has 0 amide bonds. The van der Waals surface area contributed by atoms with Crippen molar-refractivity contribution in [1.82, 2.24) is 0 Å². The van der Waals surface area contributed by atoms with Gasteiger partial charge in [0.1, 0.15) is 0 Å². The molecule has 12 heteroatoms. The van der Waals surface area contributed by atoms with E-state index in [2.05, 4.69) is 0 Å². The second-order valence-electron chi connectivity index (χ2n) is 6.56. The van der Waals surface area contributed by atoms with E-state index in [1.807, 2.05) is 31.2 Å². The van der Waals surface area contributed by atoms with Gasteiger partial charge in [-0.15, -0.1) is 0 Å². The molecule has 0 spiro atoms. The van der Waals surface area contributed by atoms with Gasteiger partial charge < -0.3 is 17.2 Å². The van der Waals surface area contributed by atoms with Gasteiger partial charge >= 0.3 is 0 Å². The zero-order valence-electron chi connectivity index (χ0n) is 17.0. The number of unbranched alkanes of at least 4 members (excludes halogenated alkanes) is 1. The minimum atomic E-state index is -3.67. The van der Waals surface area contributed by atoms with Crippen LogP contribution >= 0.6 is 0 Å². The van der Waals surface area contributed by atoms with Crippen molar-refractivity contribution < 1.29 is 30.7 Å². The third-order valence-electron chi connectivity index (χ3n) is 3.13. The molecule has 0 aliphatic rings. The van der Waals surface area contributed by atoms with Gasteiger partial charge in [-0.3, -0.25) is 13.9 Å². The fourth-order valence-electron chi connectivity index (χ4n) is 2.12. The van der Waals surface area contributed by atoms with Crippen LogP contribution in [0.4, 0.5) is 0 Å². The van der Waals surface area contributed by atoms with Crippen LogP contribution in [0.1, 0.15) is 42.1 Å². The van der Waals surface area contributed by atoms with Crippen molar-refractivity contribution >= 4 is 26.0 Å². The van der Waals surface area contributed by atoms with Gasteiger partial charge in [0.2, 0.25) is 0 Å². The van der Waals surface area contributed by atoms with Gasteiger partial charge in [-0.2, -0.15) is 16.8 Å². The number of ketones is 1. The van der Waals surface area contributed by atoms with Crippen molar-refractivity contribution in [2.45, 2.75) is 44.7 Å². The lowest BCUT2D eigenvalue weighted by Gasteiger charge is -2.15. The molecule has 29 heavy (non-hydrogen) atoms. The molecular weight excluding hydrogens is 422 g/mol. The zero-order valence-corrected chi connectivity index (χ0v) is 18.6. The van der Waals surface area contributed by atoms with E-state index in [9.17, 15) is 21.6 Å². The molecule has 1 aromatic carbocycles. The molecule has 10 nitrogen and oxygen atoms in total. The van der Waals surface area contributed by atoms with E-state index in [4.69, 9.17) is 26.3 Å². The normalized spacial score (nSPS) is 13.2. The molecule has 170 valence electrons. The van der Waals surface area contributed by atoms with Crippen LogP contribution in [0, 0.1) is 0 Å². The highest BCUT2D eigenvalue weighted by Gasteiger charge is 2.18. The Hall–Kier alpha value is -1.41. The van der Waals surface area contributed by atoms with Crippen molar-refractivity contribution in [1.29, 1.82) is 0 Å². The summed E-state index contributed by atoms with van der Waals surface area (Å²) in [7, 11) is -7.33. The quantitative estimate of drug-likeness (QED) is 0.205. The summed E-state index contributed by atoms with van der Waals surface area (Å²) in [5.74, 6) is 0.00766. The molecule has 0 saturated heterocycles. The molecule has 1 rings (SSSR count). The summed E-state index contributed by atoms with van der Waals surface area (Å²) in [6.07, 6.45) is 4.60. The summed E-state index contributed by atoms with van der Waals surface area (Å²) in [4.78, 5) is 12.3. The highest BCUT2D eigenvalue weighted by atomic mass is 32.2. The lowest BCUT2D eigenvalue weighted by molar-refractivity contribution is 0.0955. The first-order valence-electron chi connectivity index (χ1n) is 8.74. The first kappa shape index (κ1) is 29.8. The van der Waals surface area contributed by atoms with Crippen LogP contribution in [0.15, 0.2) is 24.3 Å². The Kier molecular flexibility index (Phi) is 14.9. The maximum atomic E-state index is 12.3. The summed E-state index contributed by atoms with van der Waals surface area (Å²) in [5, 5.41) is 0. The molecular formula is C17H33N3O7S2. The van der Waals surface area contributed by atoms with Crippen molar-refractivity contribution in [2.24, 2.45) is 17.2 Å². The van der Waals surface area contributed by atoms with Crippen LogP contribution in [0.2, 0.25) is 0 Å². The van der Waals surface area contributed by atoms with E-state index in [-0.39, 0.29) is 11.8 Å². The van der Waals surface area contributed by atoms with Crippen LogP contribution in [0.5, 0.6) is 0 Å². The van der Waals surface area contributed by atoms with Gasteiger partial charge in [-0.05, 0) is 38.3 Å². The van der Waals surface area contributed by atoms with E-state index in [0.717, 1.165) is 18.4 Å². The van der Waals surface area contributed by atoms with E-state index in [1.54, 1.807) is 0 Å². The van der Waals surface area contributed by atoms with Crippen LogP contribution in [-0.2, 0) is 26.7 Å². The van der Waals surface area contributed by atoms with Gasteiger partial charge in [0, 0.05) is 11.6 Å². The van der Waals surface area contributed by atoms with Crippen molar-refractivity contribution in [3.8, 4) is 0 Å². The number of carbonyl (C=O) groups is 1. The third kappa shape index (κ3) is 22.7. The van der Waals surface area contributed by atoms with E-state index in [1.165, 1.54) is 0 Å². The Morgan fingerprint density at radius 1 is 1.00 bits per heavy atom. The van der Waals surface area contributed by atoms with Crippen LogP contribution in [-0.4, -0.2) is 62.9 Å². The van der Waals surface area contributed by atoms with Crippen LogP contribution in [0.25, 0.3) is 0 Å². The average Bonchev–Trinajstić information content (AvgIpc) is 2.51. The Morgan fingerprint density at radius 3 is 1.86 bits per heavy atom. The Bertz CT molecular complexity index is 764. The van der Waals surface area contributed by atoms with Gasteiger partial charge in [0.25, 0.3) is 20.2 Å². The number of hydrogen-bond donors (Lipinski definition) is 5. The first-order chi connectivity index (χ1) is 13.1. The summed E-state index contributed by atoms with van der Waals surface area (Å²) in [6.45, 7) is 2.57. The minimum absolute atomic E-state index is 0.00766. The predicted octanol–water partition coefficient (Wildman–Crippen LogP) is 0.223.